The highest BCUT2D eigenvalue weighted by Gasteiger charge is 2.41. The number of aromatic nitrogens is 2. The maximum atomic E-state index is 14.7. The summed E-state index contributed by atoms with van der Waals surface area (Å²) in [5.41, 5.74) is 11.7. The molecule has 0 bridgehead atoms. The van der Waals surface area contributed by atoms with Gasteiger partial charge in [-0.05, 0) is 49.6 Å². The Morgan fingerprint density at radius 3 is 2.82 bits per heavy atom. The van der Waals surface area contributed by atoms with Crippen molar-refractivity contribution in [1.82, 2.24) is 19.4 Å². The van der Waals surface area contributed by atoms with Crippen LogP contribution in [-0.2, 0) is 0 Å². The Kier molecular flexibility index (Phi) is 4.57. The van der Waals surface area contributed by atoms with E-state index in [1.165, 1.54) is 27.6 Å². The van der Waals surface area contributed by atoms with Gasteiger partial charge >= 0.3 is 0 Å². The quantitative estimate of drug-likeness (QED) is 0.703. The van der Waals surface area contributed by atoms with Crippen molar-refractivity contribution in [2.75, 3.05) is 37.6 Å². The Hall–Kier alpha value is -3.35. The van der Waals surface area contributed by atoms with Crippen LogP contribution in [0.3, 0.4) is 0 Å². The van der Waals surface area contributed by atoms with Crippen LogP contribution in [0.2, 0.25) is 0 Å². The van der Waals surface area contributed by atoms with Gasteiger partial charge in [0, 0.05) is 43.6 Å². The van der Waals surface area contributed by atoms with Gasteiger partial charge in [-0.2, -0.15) is 10.4 Å². The van der Waals surface area contributed by atoms with Crippen molar-refractivity contribution < 1.29 is 9.50 Å². The minimum atomic E-state index is -0.879. The number of allylic oxidation sites excluding steroid dienone is 2. The molecule has 0 amide bonds. The highest BCUT2D eigenvalue weighted by molar-refractivity contribution is 5.75. The molecule has 8 nitrogen and oxygen atoms in total. The summed E-state index contributed by atoms with van der Waals surface area (Å²) in [7, 11) is 0. The number of rotatable bonds is 2. The van der Waals surface area contributed by atoms with E-state index in [2.05, 4.69) is 44.9 Å². The zero-order valence-corrected chi connectivity index (χ0v) is 19.4. The number of likely N-dealkylation sites (tertiary alicyclic amines) is 1. The fraction of sp³-hybridized carbons (Fsp3) is 0.440. The van der Waals surface area contributed by atoms with Crippen LogP contribution in [-0.4, -0.2) is 74.9 Å². The predicted molar refractivity (Wildman–Crippen MR) is 126 cm³/mol. The van der Waals surface area contributed by atoms with E-state index in [0.717, 1.165) is 30.9 Å². The van der Waals surface area contributed by atoms with Crippen LogP contribution in [0.15, 0.2) is 53.0 Å². The number of β-amino-alcohol motifs (C(OH)–C–C–N with tert-alkyl or cyclic N) is 1. The summed E-state index contributed by atoms with van der Waals surface area (Å²) in [4.78, 5) is 6.83. The lowest BCUT2D eigenvalue weighted by Crippen LogP contribution is -2.49. The zero-order valence-electron chi connectivity index (χ0n) is 19.4. The molecule has 34 heavy (non-hydrogen) atoms. The minimum absolute atomic E-state index is 0.244. The number of nitrogens with zero attached hydrogens (tertiary/aromatic N) is 6. The van der Waals surface area contributed by atoms with Crippen LogP contribution in [0.1, 0.15) is 26.0 Å². The molecule has 0 radical (unpaired) electrons. The molecule has 0 saturated carbocycles. The van der Waals surface area contributed by atoms with Gasteiger partial charge in [0.2, 0.25) is 0 Å². The lowest BCUT2D eigenvalue weighted by atomic mass is 9.96. The third kappa shape index (κ3) is 3.06. The molecule has 3 N–H and O–H groups in total. The molecular formula is C25H28FN7O. The van der Waals surface area contributed by atoms with E-state index in [4.69, 9.17) is 5.73 Å². The van der Waals surface area contributed by atoms with Crippen molar-refractivity contribution in [1.29, 1.82) is 5.26 Å². The number of hydrogen-bond donors (Lipinski definition) is 2. The summed E-state index contributed by atoms with van der Waals surface area (Å²) < 4.78 is 16.1. The van der Waals surface area contributed by atoms with Crippen molar-refractivity contribution >= 4 is 11.2 Å². The second-order valence-electron chi connectivity index (χ2n) is 10.1. The van der Waals surface area contributed by atoms with Gasteiger partial charge in [-0.15, -0.1) is 0 Å². The number of nitriles is 1. The Bertz CT molecular complexity index is 1330. The highest BCUT2D eigenvalue weighted by Crippen LogP contribution is 2.41. The zero-order chi connectivity index (χ0) is 23.8. The molecule has 176 valence electrons. The molecule has 3 aliphatic heterocycles. The Labute approximate surface area is 197 Å². The summed E-state index contributed by atoms with van der Waals surface area (Å²) in [6.45, 7) is 7.47. The van der Waals surface area contributed by atoms with Crippen molar-refractivity contribution in [3.63, 3.8) is 0 Å². The first-order valence-corrected chi connectivity index (χ1v) is 11.7. The van der Waals surface area contributed by atoms with E-state index >= 15 is 0 Å². The normalized spacial score (nSPS) is 28.8. The standard InChI is InChI=1S/C25H28FN7O/c1-15-10-30(21-6-4-18(8-27)33-24(21)20(26)9-29-33)12-22-19-5-3-17(7-16(19)11-32(15)22)31-13-23(28)25(2,34)14-31/h3-4,6-7,9,15,23,34H,5,10-14,28H2,1-2H3/t15-,23+,25+/m1/s1. The first-order chi connectivity index (χ1) is 16.3. The molecular weight excluding hydrogens is 433 g/mol. The summed E-state index contributed by atoms with van der Waals surface area (Å²) in [6.07, 6.45) is 6.47. The summed E-state index contributed by atoms with van der Waals surface area (Å²) in [5, 5.41) is 24.0. The number of hydrogen-bond acceptors (Lipinski definition) is 7. The van der Waals surface area contributed by atoms with Gasteiger partial charge in [-0.25, -0.2) is 8.91 Å². The van der Waals surface area contributed by atoms with Gasteiger partial charge in [0.15, 0.2) is 5.82 Å². The topological polar surface area (TPSA) is 97.1 Å². The minimum Gasteiger partial charge on any atom is -0.387 e. The molecule has 6 rings (SSSR count). The highest BCUT2D eigenvalue weighted by atomic mass is 19.1. The van der Waals surface area contributed by atoms with Crippen LogP contribution < -0.4 is 10.6 Å². The summed E-state index contributed by atoms with van der Waals surface area (Å²) >= 11 is 0. The van der Waals surface area contributed by atoms with E-state index in [1.54, 1.807) is 13.0 Å². The van der Waals surface area contributed by atoms with Gasteiger partial charge in [0.25, 0.3) is 0 Å². The van der Waals surface area contributed by atoms with Gasteiger partial charge in [0.1, 0.15) is 17.3 Å². The second-order valence-corrected chi connectivity index (χ2v) is 10.1. The average Bonchev–Trinajstić information content (AvgIpc) is 3.46. The predicted octanol–water partition coefficient (Wildman–Crippen LogP) is 1.73. The van der Waals surface area contributed by atoms with E-state index in [1.807, 2.05) is 6.07 Å². The number of anilines is 1. The van der Waals surface area contributed by atoms with E-state index < -0.39 is 11.4 Å². The van der Waals surface area contributed by atoms with Crippen molar-refractivity contribution in [2.45, 2.75) is 38.0 Å². The number of piperazine rings is 1. The van der Waals surface area contributed by atoms with Crippen molar-refractivity contribution in [2.24, 2.45) is 5.73 Å². The maximum Gasteiger partial charge on any atom is 0.171 e. The fourth-order valence-electron chi connectivity index (χ4n) is 5.82. The first-order valence-electron chi connectivity index (χ1n) is 11.7. The average molecular weight is 462 g/mol. The van der Waals surface area contributed by atoms with Gasteiger partial charge in [0.05, 0.1) is 30.1 Å². The SMILES string of the molecule is C[C@@H]1CN(c2ccc(C#N)n3ncc(F)c23)CC2=C3CC=C(N4C[C@H](N)[C@@](C)(O)C4)C=C3CN21. The molecule has 0 aromatic carbocycles. The largest absolute Gasteiger partial charge is 0.387 e. The number of pyridine rings is 1. The second kappa shape index (κ2) is 7.32. The van der Waals surface area contributed by atoms with Crippen molar-refractivity contribution in [3.05, 3.63) is 64.5 Å². The van der Waals surface area contributed by atoms with Gasteiger partial charge in [-0.3, -0.25) is 0 Å². The van der Waals surface area contributed by atoms with Crippen LogP contribution in [0.4, 0.5) is 10.1 Å². The number of nitrogens with two attached hydrogens (primary N) is 1. The van der Waals surface area contributed by atoms with E-state index in [0.29, 0.717) is 30.8 Å². The number of halogens is 1. The fourth-order valence-corrected chi connectivity index (χ4v) is 5.82. The van der Waals surface area contributed by atoms with Crippen LogP contribution >= 0.6 is 0 Å². The van der Waals surface area contributed by atoms with E-state index in [9.17, 15) is 14.8 Å². The maximum absolute atomic E-state index is 14.7. The third-order valence-corrected chi connectivity index (χ3v) is 7.76. The molecule has 0 spiro atoms. The molecule has 0 unspecified atom stereocenters. The van der Waals surface area contributed by atoms with Crippen LogP contribution in [0.25, 0.3) is 5.52 Å². The molecule has 5 heterocycles. The molecule has 4 aliphatic rings. The number of aliphatic hydroxyl groups is 1. The molecule has 9 heteroatoms. The monoisotopic (exact) mass is 461 g/mol. The smallest absolute Gasteiger partial charge is 0.171 e. The van der Waals surface area contributed by atoms with Crippen molar-refractivity contribution in [3.8, 4) is 6.07 Å². The molecule has 2 aromatic rings. The Morgan fingerprint density at radius 2 is 2.09 bits per heavy atom. The molecule has 1 aliphatic carbocycles. The molecule has 2 fully saturated rings. The van der Waals surface area contributed by atoms with Gasteiger partial charge < -0.3 is 25.5 Å². The van der Waals surface area contributed by atoms with Gasteiger partial charge in [-0.1, -0.05) is 6.08 Å². The molecule has 2 aromatic heterocycles. The van der Waals surface area contributed by atoms with Crippen LogP contribution in [0.5, 0.6) is 0 Å². The van der Waals surface area contributed by atoms with E-state index in [-0.39, 0.29) is 12.1 Å². The Morgan fingerprint density at radius 1 is 1.26 bits per heavy atom. The lowest BCUT2D eigenvalue weighted by molar-refractivity contribution is 0.0591. The summed E-state index contributed by atoms with van der Waals surface area (Å²) in [6, 6.07) is 5.61. The third-order valence-electron chi connectivity index (χ3n) is 7.76. The Balaban J connectivity index is 1.32. The summed E-state index contributed by atoms with van der Waals surface area (Å²) in [5.74, 6) is -0.420. The van der Waals surface area contributed by atoms with Crippen LogP contribution in [0, 0.1) is 17.1 Å². The lowest BCUT2D eigenvalue weighted by Gasteiger charge is -2.42. The molecule has 3 atom stereocenters. The number of fused-ring (bicyclic) bond motifs is 3. The first kappa shape index (κ1) is 21.2. The molecule has 2 saturated heterocycles.